The van der Waals surface area contributed by atoms with E-state index in [-0.39, 0.29) is 6.10 Å². The van der Waals surface area contributed by atoms with Gasteiger partial charge in [-0.15, -0.1) is 5.10 Å². The van der Waals surface area contributed by atoms with E-state index in [0.29, 0.717) is 5.88 Å². The summed E-state index contributed by atoms with van der Waals surface area (Å²) in [6.07, 6.45) is -0.0196. The maximum atomic E-state index is 5.92. The number of nitrogens with one attached hydrogen (secondary N) is 2. The molecule has 2 N–H and O–H groups in total. The van der Waals surface area contributed by atoms with Crippen molar-refractivity contribution >= 4 is 0 Å². The van der Waals surface area contributed by atoms with E-state index < -0.39 is 0 Å². The molecular formula is C14H19N3O. The number of ether oxygens (including phenoxy) is 1. The molecule has 0 amide bonds. The highest BCUT2D eigenvalue weighted by atomic mass is 16.5. The number of aromatic nitrogens is 2. The van der Waals surface area contributed by atoms with Crippen molar-refractivity contribution in [2.45, 2.75) is 20.0 Å². The van der Waals surface area contributed by atoms with Crippen LogP contribution in [0.15, 0.2) is 36.4 Å². The van der Waals surface area contributed by atoms with Crippen LogP contribution in [-0.4, -0.2) is 23.3 Å². The standard InChI is InChI=1S/C14H19N3O/c1-3-15-10-13(12-7-5-4-6-8-12)18-14-9-11(2)16-17-14/h4-9,13,15H,3,10H2,1-2H3,(H,16,17). The molecule has 1 aromatic carbocycles. The Bertz CT molecular complexity index is 467. The number of hydrogen-bond donors (Lipinski definition) is 2. The third kappa shape index (κ3) is 3.34. The molecular weight excluding hydrogens is 226 g/mol. The lowest BCUT2D eigenvalue weighted by atomic mass is 10.1. The molecule has 2 rings (SSSR count). The van der Waals surface area contributed by atoms with E-state index in [1.54, 1.807) is 0 Å². The maximum Gasteiger partial charge on any atom is 0.233 e. The van der Waals surface area contributed by atoms with Crippen molar-refractivity contribution in [2.75, 3.05) is 13.1 Å². The van der Waals surface area contributed by atoms with Gasteiger partial charge in [0.15, 0.2) is 0 Å². The average molecular weight is 245 g/mol. The summed E-state index contributed by atoms with van der Waals surface area (Å²) in [7, 11) is 0. The average Bonchev–Trinajstić information content (AvgIpc) is 2.81. The van der Waals surface area contributed by atoms with Gasteiger partial charge in [-0.3, -0.25) is 5.10 Å². The fraction of sp³-hybridized carbons (Fsp3) is 0.357. The molecule has 0 aliphatic carbocycles. The second-order valence-corrected chi connectivity index (χ2v) is 4.21. The number of benzene rings is 1. The van der Waals surface area contributed by atoms with E-state index >= 15 is 0 Å². The molecule has 2 aromatic rings. The van der Waals surface area contributed by atoms with Crippen LogP contribution in [0.5, 0.6) is 5.88 Å². The molecule has 0 saturated carbocycles. The molecule has 0 radical (unpaired) electrons. The SMILES string of the molecule is CCNCC(Oc1cc(C)[nH]n1)c1ccccc1. The molecule has 1 atom stereocenters. The Morgan fingerprint density at radius 2 is 2.11 bits per heavy atom. The summed E-state index contributed by atoms with van der Waals surface area (Å²) < 4.78 is 5.92. The number of nitrogens with zero attached hydrogens (tertiary/aromatic N) is 1. The Morgan fingerprint density at radius 3 is 2.72 bits per heavy atom. The fourth-order valence-corrected chi connectivity index (χ4v) is 1.77. The zero-order valence-electron chi connectivity index (χ0n) is 10.8. The summed E-state index contributed by atoms with van der Waals surface area (Å²) in [5.74, 6) is 0.638. The van der Waals surface area contributed by atoms with Crippen molar-refractivity contribution in [1.82, 2.24) is 15.5 Å². The van der Waals surface area contributed by atoms with E-state index in [4.69, 9.17) is 4.74 Å². The van der Waals surface area contributed by atoms with Crippen molar-refractivity contribution in [3.05, 3.63) is 47.7 Å². The fourth-order valence-electron chi connectivity index (χ4n) is 1.77. The largest absolute Gasteiger partial charge is 0.467 e. The van der Waals surface area contributed by atoms with E-state index in [1.165, 1.54) is 0 Å². The molecule has 0 aliphatic rings. The van der Waals surface area contributed by atoms with Gasteiger partial charge in [0.05, 0.1) is 0 Å². The highest BCUT2D eigenvalue weighted by Gasteiger charge is 2.13. The van der Waals surface area contributed by atoms with Gasteiger partial charge in [-0.1, -0.05) is 37.3 Å². The van der Waals surface area contributed by atoms with E-state index in [0.717, 1.165) is 24.3 Å². The molecule has 1 unspecified atom stereocenters. The number of H-pyrrole nitrogens is 1. The highest BCUT2D eigenvalue weighted by molar-refractivity contribution is 5.20. The smallest absolute Gasteiger partial charge is 0.233 e. The van der Waals surface area contributed by atoms with Gasteiger partial charge >= 0.3 is 0 Å². The quantitative estimate of drug-likeness (QED) is 0.822. The van der Waals surface area contributed by atoms with E-state index in [1.807, 2.05) is 31.2 Å². The van der Waals surface area contributed by atoms with Crippen molar-refractivity contribution in [2.24, 2.45) is 0 Å². The number of likely N-dealkylation sites (N-methyl/N-ethyl adjacent to an activating group) is 1. The van der Waals surface area contributed by atoms with Gasteiger partial charge in [-0.05, 0) is 19.0 Å². The molecule has 0 saturated heterocycles. The molecule has 1 aromatic heterocycles. The molecule has 0 aliphatic heterocycles. The molecule has 1 heterocycles. The van der Waals surface area contributed by atoms with Crippen LogP contribution in [0.1, 0.15) is 24.3 Å². The maximum absolute atomic E-state index is 5.92. The third-order valence-electron chi connectivity index (χ3n) is 2.70. The number of aryl methyl sites for hydroxylation is 1. The van der Waals surface area contributed by atoms with Crippen LogP contribution in [0.25, 0.3) is 0 Å². The molecule has 0 spiro atoms. The normalized spacial score (nSPS) is 12.3. The van der Waals surface area contributed by atoms with Crippen LogP contribution in [0, 0.1) is 6.92 Å². The summed E-state index contributed by atoms with van der Waals surface area (Å²) in [6, 6.07) is 12.1. The molecule has 96 valence electrons. The van der Waals surface area contributed by atoms with Gasteiger partial charge in [0, 0.05) is 18.3 Å². The lowest BCUT2D eigenvalue weighted by Crippen LogP contribution is -2.25. The number of hydrogen-bond acceptors (Lipinski definition) is 3. The molecule has 4 heteroatoms. The number of aromatic amines is 1. The first-order valence-electron chi connectivity index (χ1n) is 6.24. The van der Waals surface area contributed by atoms with Crippen LogP contribution in [0.4, 0.5) is 0 Å². The van der Waals surface area contributed by atoms with Crippen LogP contribution in [0.2, 0.25) is 0 Å². The summed E-state index contributed by atoms with van der Waals surface area (Å²) in [5.41, 5.74) is 2.15. The van der Waals surface area contributed by atoms with Crippen LogP contribution >= 0.6 is 0 Å². The van der Waals surface area contributed by atoms with Crippen LogP contribution in [-0.2, 0) is 0 Å². The molecule has 18 heavy (non-hydrogen) atoms. The predicted octanol–water partition coefficient (Wildman–Crippen LogP) is 2.45. The minimum absolute atomic E-state index is 0.0196. The first-order chi connectivity index (χ1) is 8.79. The van der Waals surface area contributed by atoms with E-state index in [2.05, 4.69) is 34.6 Å². The van der Waals surface area contributed by atoms with Crippen molar-refractivity contribution < 1.29 is 4.74 Å². The zero-order valence-corrected chi connectivity index (χ0v) is 10.8. The minimum Gasteiger partial charge on any atom is -0.467 e. The summed E-state index contributed by atoms with van der Waals surface area (Å²) in [4.78, 5) is 0. The van der Waals surface area contributed by atoms with Crippen LogP contribution in [0.3, 0.4) is 0 Å². The zero-order chi connectivity index (χ0) is 12.8. The molecule has 4 nitrogen and oxygen atoms in total. The number of rotatable bonds is 6. The van der Waals surface area contributed by atoms with Crippen molar-refractivity contribution in [3.8, 4) is 5.88 Å². The summed E-state index contributed by atoms with van der Waals surface area (Å²) >= 11 is 0. The minimum atomic E-state index is -0.0196. The summed E-state index contributed by atoms with van der Waals surface area (Å²) in [5, 5.41) is 10.3. The third-order valence-corrected chi connectivity index (χ3v) is 2.70. The van der Waals surface area contributed by atoms with Crippen molar-refractivity contribution in [3.63, 3.8) is 0 Å². The summed E-state index contributed by atoms with van der Waals surface area (Å²) in [6.45, 7) is 5.74. The highest BCUT2D eigenvalue weighted by Crippen LogP contribution is 2.20. The Balaban J connectivity index is 2.10. The molecule has 0 fully saturated rings. The Hall–Kier alpha value is -1.81. The molecule has 0 bridgehead atoms. The van der Waals surface area contributed by atoms with Gasteiger partial charge in [-0.2, -0.15) is 0 Å². The second kappa shape index (κ2) is 6.21. The van der Waals surface area contributed by atoms with Crippen LogP contribution < -0.4 is 10.1 Å². The second-order valence-electron chi connectivity index (χ2n) is 4.21. The van der Waals surface area contributed by atoms with Gasteiger partial charge in [0.2, 0.25) is 5.88 Å². The van der Waals surface area contributed by atoms with Crippen molar-refractivity contribution in [1.29, 1.82) is 0 Å². The van der Waals surface area contributed by atoms with Gasteiger partial charge in [0.1, 0.15) is 6.10 Å². The lowest BCUT2D eigenvalue weighted by Gasteiger charge is -2.18. The van der Waals surface area contributed by atoms with Gasteiger partial charge in [-0.25, -0.2) is 0 Å². The predicted molar refractivity (Wildman–Crippen MR) is 71.7 cm³/mol. The van der Waals surface area contributed by atoms with E-state index in [9.17, 15) is 0 Å². The lowest BCUT2D eigenvalue weighted by molar-refractivity contribution is 0.194. The Kier molecular flexibility index (Phi) is 4.36. The van der Waals surface area contributed by atoms with Gasteiger partial charge < -0.3 is 10.1 Å². The first-order valence-corrected chi connectivity index (χ1v) is 6.24. The van der Waals surface area contributed by atoms with Gasteiger partial charge in [0.25, 0.3) is 0 Å². The topological polar surface area (TPSA) is 49.9 Å². The Morgan fingerprint density at radius 1 is 1.33 bits per heavy atom. The monoisotopic (exact) mass is 245 g/mol. The Labute approximate surface area is 107 Å². The first kappa shape index (κ1) is 12.6.